The molecule has 0 saturated heterocycles. The summed E-state index contributed by atoms with van der Waals surface area (Å²) in [5.74, 6) is 1.03. The Labute approximate surface area is 111 Å². The molecule has 17 heavy (non-hydrogen) atoms. The zero-order valence-corrected chi connectivity index (χ0v) is 12.1. The fourth-order valence-electron chi connectivity index (χ4n) is 1.95. The van der Waals surface area contributed by atoms with Crippen molar-refractivity contribution in [2.45, 2.75) is 18.2 Å². The van der Waals surface area contributed by atoms with Crippen LogP contribution >= 0.6 is 15.9 Å². The summed E-state index contributed by atoms with van der Waals surface area (Å²) in [6.45, 7) is 3.17. The van der Waals surface area contributed by atoms with Gasteiger partial charge in [0.15, 0.2) is 0 Å². The van der Waals surface area contributed by atoms with E-state index in [1.807, 2.05) is 12.1 Å². The van der Waals surface area contributed by atoms with Gasteiger partial charge < -0.3 is 9.47 Å². The fraction of sp³-hybridized carbons (Fsp3) is 0.462. The van der Waals surface area contributed by atoms with E-state index in [9.17, 15) is 0 Å². The van der Waals surface area contributed by atoms with Crippen molar-refractivity contribution in [2.75, 3.05) is 18.5 Å². The summed E-state index contributed by atoms with van der Waals surface area (Å²) in [6, 6.07) is 8.24. The molecule has 4 heteroatoms. The summed E-state index contributed by atoms with van der Waals surface area (Å²) in [7, 11) is 4.16. The molecule has 1 aromatic heterocycles. The molecule has 0 fully saturated rings. The van der Waals surface area contributed by atoms with E-state index in [1.165, 1.54) is 5.52 Å². The van der Waals surface area contributed by atoms with E-state index < -0.39 is 0 Å². The first-order valence-electron chi connectivity index (χ1n) is 5.86. The number of aryl methyl sites for hydroxylation is 1. The van der Waals surface area contributed by atoms with E-state index in [0.717, 1.165) is 24.4 Å². The van der Waals surface area contributed by atoms with Crippen LogP contribution in [0, 0.1) is 0 Å². The lowest BCUT2D eigenvalue weighted by Crippen LogP contribution is -2.23. The Kier molecular flexibility index (Phi) is 3.72. The summed E-state index contributed by atoms with van der Waals surface area (Å²) in [6.07, 6.45) is 1.11. The lowest BCUT2D eigenvalue weighted by atomic mass is 10.3. The molecule has 0 aliphatic rings. The fourth-order valence-corrected chi connectivity index (χ4v) is 2.15. The normalized spacial score (nSPS) is 12.9. The minimum atomic E-state index is 0.541. The van der Waals surface area contributed by atoms with Gasteiger partial charge in [0.25, 0.3) is 0 Å². The van der Waals surface area contributed by atoms with E-state index in [-0.39, 0.29) is 0 Å². The van der Waals surface area contributed by atoms with Gasteiger partial charge in [-0.15, -0.1) is 0 Å². The molecule has 3 nitrogen and oxygen atoms in total. The van der Waals surface area contributed by atoms with Crippen molar-refractivity contribution in [3.63, 3.8) is 0 Å². The molecule has 1 heterocycles. The molecule has 0 N–H and O–H groups in total. The zero-order valence-electron chi connectivity index (χ0n) is 10.5. The standard InChI is InChI=1S/C13H18BrN3/c1-10(14)8-9-16(2)13-15-11-6-4-5-7-12(11)17(13)3/h4-7,10H,8-9H2,1-3H3. The van der Waals surface area contributed by atoms with Crippen molar-refractivity contribution in [2.24, 2.45) is 7.05 Å². The zero-order chi connectivity index (χ0) is 12.4. The number of hydrogen-bond donors (Lipinski definition) is 0. The first-order valence-corrected chi connectivity index (χ1v) is 6.78. The third-order valence-corrected chi connectivity index (χ3v) is 3.43. The van der Waals surface area contributed by atoms with Crippen molar-refractivity contribution in [1.29, 1.82) is 0 Å². The van der Waals surface area contributed by atoms with Crippen LogP contribution in [0.25, 0.3) is 11.0 Å². The third-order valence-electron chi connectivity index (χ3n) is 2.97. The van der Waals surface area contributed by atoms with Gasteiger partial charge in [-0.1, -0.05) is 35.0 Å². The maximum Gasteiger partial charge on any atom is 0.206 e. The van der Waals surface area contributed by atoms with Gasteiger partial charge in [0.1, 0.15) is 0 Å². The molecule has 0 spiro atoms. The Hall–Kier alpha value is -1.03. The first-order chi connectivity index (χ1) is 8.09. The quantitative estimate of drug-likeness (QED) is 0.808. The average Bonchev–Trinajstić information content (AvgIpc) is 2.64. The number of anilines is 1. The van der Waals surface area contributed by atoms with Crippen LogP contribution in [0.2, 0.25) is 0 Å². The Bertz CT molecular complexity index is 504. The molecule has 1 atom stereocenters. The van der Waals surface area contributed by atoms with Gasteiger partial charge in [-0.25, -0.2) is 4.98 Å². The number of para-hydroxylation sites is 2. The maximum atomic E-state index is 4.66. The van der Waals surface area contributed by atoms with Gasteiger partial charge in [-0.2, -0.15) is 0 Å². The van der Waals surface area contributed by atoms with E-state index >= 15 is 0 Å². The molecule has 0 amide bonds. The van der Waals surface area contributed by atoms with Crippen LogP contribution < -0.4 is 4.90 Å². The monoisotopic (exact) mass is 295 g/mol. The Morgan fingerprint density at radius 2 is 2.12 bits per heavy atom. The van der Waals surface area contributed by atoms with E-state index in [4.69, 9.17) is 0 Å². The van der Waals surface area contributed by atoms with Crippen molar-refractivity contribution in [3.8, 4) is 0 Å². The Balaban J connectivity index is 2.26. The molecule has 1 unspecified atom stereocenters. The van der Waals surface area contributed by atoms with Crippen molar-refractivity contribution in [3.05, 3.63) is 24.3 Å². The molecule has 0 aliphatic carbocycles. The van der Waals surface area contributed by atoms with Crippen LogP contribution in [-0.2, 0) is 7.05 Å². The van der Waals surface area contributed by atoms with Gasteiger partial charge in [-0.05, 0) is 18.6 Å². The number of hydrogen-bond acceptors (Lipinski definition) is 2. The van der Waals surface area contributed by atoms with Gasteiger partial charge in [0, 0.05) is 25.5 Å². The number of rotatable bonds is 4. The van der Waals surface area contributed by atoms with Gasteiger partial charge in [-0.3, -0.25) is 0 Å². The number of aromatic nitrogens is 2. The third kappa shape index (κ3) is 2.63. The molecule has 92 valence electrons. The van der Waals surface area contributed by atoms with E-state index in [2.05, 4.69) is 63.5 Å². The summed E-state index contributed by atoms with van der Waals surface area (Å²) >= 11 is 3.57. The molecular formula is C13H18BrN3. The van der Waals surface area contributed by atoms with E-state index in [1.54, 1.807) is 0 Å². The van der Waals surface area contributed by atoms with Gasteiger partial charge >= 0.3 is 0 Å². The number of imidazole rings is 1. The van der Waals surface area contributed by atoms with Gasteiger partial charge in [0.2, 0.25) is 5.95 Å². The largest absolute Gasteiger partial charge is 0.345 e. The smallest absolute Gasteiger partial charge is 0.206 e. The number of halogens is 1. The first kappa shape index (κ1) is 12.4. The number of nitrogens with zero attached hydrogens (tertiary/aromatic N) is 3. The molecule has 0 saturated carbocycles. The Morgan fingerprint density at radius 3 is 2.76 bits per heavy atom. The molecule has 0 radical (unpaired) electrons. The van der Waals surface area contributed by atoms with Crippen LogP contribution in [0.4, 0.5) is 5.95 Å². The minimum absolute atomic E-state index is 0.541. The lowest BCUT2D eigenvalue weighted by molar-refractivity contribution is 0.751. The molecule has 0 bridgehead atoms. The van der Waals surface area contributed by atoms with Crippen molar-refractivity contribution < 1.29 is 0 Å². The predicted octanol–water partition coefficient (Wildman–Crippen LogP) is 3.18. The molecule has 2 aromatic rings. The number of benzene rings is 1. The number of fused-ring (bicyclic) bond motifs is 1. The average molecular weight is 296 g/mol. The minimum Gasteiger partial charge on any atom is -0.345 e. The second kappa shape index (κ2) is 5.08. The highest BCUT2D eigenvalue weighted by Gasteiger charge is 2.11. The highest BCUT2D eigenvalue weighted by atomic mass is 79.9. The van der Waals surface area contributed by atoms with Crippen LogP contribution in [0.1, 0.15) is 13.3 Å². The SMILES string of the molecule is CC(Br)CCN(C)c1nc2ccccc2n1C. The maximum absolute atomic E-state index is 4.66. The van der Waals surface area contributed by atoms with Crippen LogP contribution in [-0.4, -0.2) is 28.0 Å². The summed E-state index contributed by atoms with van der Waals surface area (Å²) in [5.41, 5.74) is 2.24. The second-order valence-electron chi connectivity index (χ2n) is 4.45. The Morgan fingerprint density at radius 1 is 1.41 bits per heavy atom. The van der Waals surface area contributed by atoms with Gasteiger partial charge in [0.05, 0.1) is 11.0 Å². The highest BCUT2D eigenvalue weighted by Crippen LogP contribution is 2.20. The van der Waals surface area contributed by atoms with Crippen LogP contribution in [0.3, 0.4) is 0 Å². The summed E-state index contributed by atoms with van der Waals surface area (Å²) < 4.78 is 2.15. The molecule has 2 rings (SSSR count). The van der Waals surface area contributed by atoms with Crippen molar-refractivity contribution in [1.82, 2.24) is 9.55 Å². The number of alkyl halides is 1. The second-order valence-corrected chi connectivity index (χ2v) is 6.01. The van der Waals surface area contributed by atoms with Crippen LogP contribution in [0.5, 0.6) is 0 Å². The summed E-state index contributed by atoms with van der Waals surface area (Å²) in [5, 5.41) is 0. The van der Waals surface area contributed by atoms with Crippen molar-refractivity contribution >= 4 is 32.9 Å². The van der Waals surface area contributed by atoms with Crippen LogP contribution in [0.15, 0.2) is 24.3 Å². The molecular weight excluding hydrogens is 278 g/mol. The topological polar surface area (TPSA) is 21.1 Å². The lowest BCUT2D eigenvalue weighted by Gasteiger charge is -2.18. The van der Waals surface area contributed by atoms with E-state index in [0.29, 0.717) is 4.83 Å². The predicted molar refractivity (Wildman–Crippen MR) is 77.0 cm³/mol. The molecule has 0 aliphatic heterocycles. The highest BCUT2D eigenvalue weighted by molar-refractivity contribution is 9.09. The summed E-state index contributed by atoms with van der Waals surface area (Å²) in [4.78, 5) is 7.41. The molecule has 1 aromatic carbocycles.